The molecule has 2 aromatic rings. The van der Waals surface area contributed by atoms with E-state index in [1.807, 2.05) is 0 Å². The molecule has 1 amide bonds. The molecular formula is C21H20FNO5. The Kier molecular flexibility index (Phi) is 5.93. The Hall–Kier alpha value is -3.35. The normalized spacial score (nSPS) is 13.8. The monoisotopic (exact) mass is 385 g/mol. The molecule has 0 fully saturated rings. The van der Waals surface area contributed by atoms with Crippen molar-refractivity contribution in [3.8, 4) is 11.5 Å². The van der Waals surface area contributed by atoms with Crippen LogP contribution in [0.3, 0.4) is 0 Å². The summed E-state index contributed by atoms with van der Waals surface area (Å²) in [6.07, 6.45) is 1.74. The van der Waals surface area contributed by atoms with Crippen molar-refractivity contribution in [2.24, 2.45) is 0 Å². The van der Waals surface area contributed by atoms with E-state index in [0.29, 0.717) is 36.0 Å². The van der Waals surface area contributed by atoms with Gasteiger partial charge in [-0.05, 0) is 55.3 Å². The molecule has 0 spiro atoms. The highest BCUT2D eigenvalue weighted by atomic mass is 19.1. The van der Waals surface area contributed by atoms with Crippen LogP contribution in [0.4, 0.5) is 10.1 Å². The van der Waals surface area contributed by atoms with E-state index >= 15 is 0 Å². The second-order valence-electron chi connectivity index (χ2n) is 6.27. The molecule has 0 saturated carbocycles. The predicted molar refractivity (Wildman–Crippen MR) is 102 cm³/mol. The fraction of sp³-hybridized carbons (Fsp3) is 0.238. The summed E-state index contributed by atoms with van der Waals surface area (Å²) in [5, 5.41) is 2.51. The molecule has 0 aromatic heterocycles. The van der Waals surface area contributed by atoms with Crippen molar-refractivity contribution in [3.05, 3.63) is 59.4 Å². The molecule has 0 radical (unpaired) electrons. The summed E-state index contributed by atoms with van der Waals surface area (Å²) in [4.78, 5) is 24.1. The van der Waals surface area contributed by atoms with E-state index in [4.69, 9.17) is 14.2 Å². The Morgan fingerprint density at radius 2 is 1.89 bits per heavy atom. The number of carbonyl (C=O) groups is 2. The summed E-state index contributed by atoms with van der Waals surface area (Å²) in [5.74, 6) is -0.384. The van der Waals surface area contributed by atoms with Crippen LogP contribution in [-0.4, -0.2) is 31.2 Å². The first-order valence-corrected chi connectivity index (χ1v) is 8.78. The summed E-state index contributed by atoms with van der Waals surface area (Å²) in [6, 6.07) is 9.63. The Morgan fingerprint density at radius 1 is 1.14 bits per heavy atom. The molecule has 6 nitrogen and oxygen atoms in total. The number of carbonyl (C=O) groups excluding carboxylic acids is 2. The zero-order valence-corrected chi connectivity index (χ0v) is 15.5. The number of amides is 1. The zero-order valence-electron chi connectivity index (χ0n) is 15.5. The summed E-state index contributed by atoms with van der Waals surface area (Å²) in [5.41, 5.74) is 1.50. The van der Waals surface area contributed by atoms with E-state index in [2.05, 4.69) is 5.32 Å². The van der Waals surface area contributed by atoms with Gasteiger partial charge < -0.3 is 19.5 Å². The van der Waals surface area contributed by atoms with Gasteiger partial charge in [0.25, 0.3) is 5.91 Å². The maximum Gasteiger partial charge on any atom is 0.331 e. The lowest BCUT2D eigenvalue weighted by molar-refractivity contribution is -0.148. The van der Waals surface area contributed by atoms with Gasteiger partial charge in [-0.15, -0.1) is 0 Å². The number of rotatable bonds is 5. The van der Waals surface area contributed by atoms with Gasteiger partial charge in [0.2, 0.25) is 0 Å². The predicted octanol–water partition coefficient (Wildman–Crippen LogP) is 3.49. The van der Waals surface area contributed by atoms with E-state index < -0.39 is 23.8 Å². The Morgan fingerprint density at radius 3 is 2.64 bits per heavy atom. The van der Waals surface area contributed by atoms with E-state index in [-0.39, 0.29) is 0 Å². The molecule has 1 aliphatic rings. The molecule has 1 atom stereocenters. The van der Waals surface area contributed by atoms with Crippen LogP contribution < -0.4 is 14.8 Å². The number of nitrogens with one attached hydrogen (secondary N) is 1. The van der Waals surface area contributed by atoms with E-state index in [1.54, 1.807) is 43.3 Å². The largest absolute Gasteiger partial charge is 0.486 e. The average molecular weight is 385 g/mol. The number of aryl methyl sites for hydroxylation is 1. The van der Waals surface area contributed by atoms with Crippen molar-refractivity contribution in [3.63, 3.8) is 0 Å². The van der Waals surface area contributed by atoms with Crippen LogP contribution >= 0.6 is 0 Å². The number of halogens is 1. The fourth-order valence-electron chi connectivity index (χ4n) is 2.51. The highest BCUT2D eigenvalue weighted by Gasteiger charge is 2.17. The number of ether oxygens (including phenoxy) is 3. The SMILES string of the molecule is Cc1ccc(NC(=O)[C@@H](C)OC(=O)/C=C/c2ccc3c(c2)OCCO3)cc1F. The molecule has 1 heterocycles. The van der Waals surface area contributed by atoms with Gasteiger partial charge in [-0.2, -0.15) is 0 Å². The standard InChI is InChI=1S/C21H20FNO5/c1-13-3-6-16(12-17(13)22)23-21(25)14(2)28-20(24)8-5-15-4-7-18-19(11-15)27-10-9-26-18/h3-8,11-12,14H,9-10H2,1-2H3,(H,23,25)/b8-5+/t14-/m1/s1. The molecule has 0 aliphatic carbocycles. The Balaban J connectivity index is 1.55. The van der Waals surface area contributed by atoms with Crippen LogP contribution in [0.25, 0.3) is 6.08 Å². The summed E-state index contributed by atoms with van der Waals surface area (Å²) >= 11 is 0. The first kappa shape index (κ1) is 19.4. The number of hydrogen-bond acceptors (Lipinski definition) is 5. The molecule has 0 bridgehead atoms. The topological polar surface area (TPSA) is 73.9 Å². The maximum absolute atomic E-state index is 13.5. The van der Waals surface area contributed by atoms with Gasteiger partial charge >= 0.3 is 5.97 Å². The molecule has 1 N–H and O–H groups in total. The average Bonchev–Trinajstić information content (AvgIpc) is 2.69. The highest BCUT2D eigenvalue weighted by molar-refractivity contribution is 5.96. The molecule has 28 heavy (non-hydrogen) atoms. The zero-order chi connectivity index (χ0) is 20.1. The number of hydrogen-bond donors (Lipinski definition) is 1. The summed E-state index contributed by atoms with van der Waals surface area (Å²) < 4.78 is 29.6. The minimum absolute atomic E-state index is 0.294. The van der Waals surface area contributed by atoms with Crippen molar-refractivity contribution >= 4 is 23.6 Å². The first-order chi connectivity index (χ1) is 13.4. The molecule has 146 valence electrons. The van der Waals surface area contributed by atoms with Crippen LogP contribution in [0.5, 0.6) is 11.5 Å². The van der Waals surface area contributed by atoms with Gasteiger partial charge in [0.1, 0.15) is 19.0 Å². The van der Waals surface area contributed by atoms with Gasteiger partial charge in [-0.1, -0.05) is 12.1 Å². The molecule has 1 aliphatic heterocycles. The first-order valence-electron chi connectivity index (χ1n) is 8.78. The number of benzene rings is 2. The Labute approximate surface area is 161 Å². The molecule has 3 rings (SSSR count). The van der Waals surface area contributed by atoms with Crippen molar-refractivity contribution in [2.75, 3.05) is 18.5 Å². The Bertz CT molecular complexity index is 925. The van der Waals surface area contributed by atoms with Crippen molar-refractivity contribution in [2.45, 2.75) is 20.0 Å². The van der Waals surface area contributed by atoms with E-state index in [1.165, 1.54) is 19.1 Å². The van der Waals surface area contributed by atoms with Crippen LogP contribution in [0, 0.1) is 12.7 Å². The smallest absolute Gasteiger partial charge is 0.331 e. The van der Waals surface area contributed by atoms with Gasteiger partial charge in [-0.3, -0.25) is 4.79 Å². The van der Waals surface area contributed by atoms with Gasteiger partial charge in [0.15, 0.2) is 17.6 Å². The molecule has 0 saturated heterocycles. The maximum atomic E-state index is 13.5. The summed E-state index contributed by atoms with van der Waals surface area (Å²) in [7, 11) is 0. The third-order valence-electron chi connectivity index (χ3n) is 4.08. The van der Waals surface area contributed by atoms with Gasteiger partial charge in [0.05, 0.1) is 0 Å². The molecular weight excluding hydrogens is 365 g/mol. The third-order valence-corrected chi connectivity index (χ3v) is 4.08. The quantitative estimate of drug-likeness (QED) is 0.630. The number of esters is 1. The second-order valence-corrected chi connectivity index (χ2v) is 6.27. The molecule has 0 unspecified atom stereocenters. The minimum Gasteiger partial charge on any atom is -0.486 e. The fourth-order valence-corrected chi connectivity index (χ4v) is 2.51. The van der Waals surface area contributed by atoms with Crippen LogP contribution in [0.15, 0.2) is 42.5 Å². The van der Waals surface area contributed by atoms with Gasteiger partial charge in [0, 0.05) is 11.8 Å². The van der Waals surface area contributed by atoms with Crippen LogP contribution in [0.1, 0.15) is 18.1 Å². The van der Waals surface area contributed by atoms with E-state index in [0.717, 1.165) is 5.56 Å². The van der Waals surface area contributed by atoms with Crippen molar-refractivity contribution in [1.29, 1.82) is 0 Å². The van der Waals surface area contributed by atoms with Crippen LogP contribution in [-0.2, 0) is 14.3 Å². The molecule has 7 heteroatoms. The third kappa shape index (κ3) is 4.88. The second kappa shape index (κ2) is 8.56. The lowest BCUT2D eigenvalue weighted by Gasteiger charge is -2.18. The molecule has 2 aromatic carbocycles. The number of fused-ring (bicyclic) bond motifs is 1. The van der Waals surface area contributed by atoms with E-state index in [9.17, 15) is 14.0 Å². The van der Waals surface area contributed by atoms with Gasteiger partial charge in [-0.25, -0.2) is 9.18 Å². The van der Waals surface area contributed by atoms with Crippen molar-refractivity contribution < 1.29 is 28.2 Å². The lowest BCUT2D eigenvalue weighted by atomic mass is 10.2. The number of anilines is 1. The lowest BCUT2D eigenvalue weighted by Crippen LogP contribution is -2.29. The van der Waals surface area contributed by atoms with Crippen LogP contribution in [0.2, 0.25) is 0 Å². The van der Waals surface area contributed by atoms with Crippen molar-refractivity contribution in [1.82, 2.24) is 0 Å². The summed E-state index contributed by atoms with van der Waals surface area (Å²) in [6.45, 7) is 4.04. The highest BCUT2D eigenvalue weighted by Crippen LogP contribution is 2.31. The minimum atomic E-state index is -1.04.